The number of fused-ring (bicyclic) bond motifs is 2. The average molecular weight is 438 g/mol. The summed E-state index contributed by atoms with van der Waals surface area (Å²) in [6.07, 6.45) is 3.87. The summed E-state index contributed by atoms with van der Waals surface area (Å²) in [6, 6.07) is 16.9. The van der Waals surface area contributed by atoms with Crippen molar-refractivity contribution < 1.29 is 4.43 Å². The maximum Gasteiger partial charge on any atom is 0.184 e. The fourth-order valence-corrected chi connectivity index (χ4v) is 6.65. The largest absolute Gasteiger partial charge is 0.415 e. The van der Waals surface area contributed by atoms with Crippen LogP contribution in [0.5, 0.6) is 0 Å². The van der Waals surface area contributed by atoms with Gasteiger partial charge in [-0.25, -0.2) is 0 Å². The standard InChI is InChI=1S/C24H31N3OSSi/c1-30(2,3)28-20-11-15-26(16-12-20)13-6-14-27-21-7-4-5-8-23(21)29-24-10-9-19(18-25)17-22(24)27/h4-5,7-10,17,20H,6,11-16H2,1-3H3. The second kappa shape index (κ2) is 9.15. The van der Waals surface area contributed by atoms with Crippen LogP contribution in [0.3, 0.4) is 0 Å². The van der Waals surface area contributed by atoms with Gasteiger partial charge in [-0.15, -0.1) is 0 Å². The van der Waals surface area contributed by atoms with Crippen LogP contribution in [0.4, 0.5) is 11.4 Å². The second-order valence-electron chi connectivity index (χ2n) is 9.14. The fraction of sp³-hybridized carbons (Fsp3) is 0.458. The molecule has 0 spiro atoms. The number of hydrogen-bond acceptors (Lipinski definition) is 5. The van der Waals surface area contributed by atoms with Crippen molar-refractivity contribution >= 4 is 31.5 Å². The molecular weight excluding hydrogens is 406 g/mol. The van der Waals surface area contributed by atoms with E-state index < -0.39 is 8.32 Å². The zero-order chi connectivity index (χ0) is 21.1. The monoisotopic (exact) mass is 437 g/mol. The molecule has 2 aromatic rings. The number of nitriles is 1. The maximum absolute atomic E-state index is 9.37. The van der Waals surface area contributed by atoms with Gasteiger partial charge in [0, 0.05) is 35.5 Å². The van der Waals surface area contributed by atoms with E-state index in [-0.39, 0.29) is 0 Å². The first-order valence-electron chi connectivity index (χ1n) is 10.9. The number of rotatable bonds is 6. The predicted octanol–water partition coefficient (Wildman–Crippen LogP) is 5.87. The molecule has 0 amide bonds. The molecule has 0 bridgehead atoms. The average Bonchev–Trinajstić information content (AvgIpc) is 2.73. The first-order chi connectivity index (χ1) is 14.4. The molecule has 6 heteroatoms. The Morgan fingerprint density at radius 2 is 1.77 bits per heavy atom. The molecule has 1 fully saturated rings. The number of likely N-dealkylation sites (tertiary alicyclic amines) is 1. The lowest BCUT2D eigenvalue weighted by molar-refractivity contribution is 0.0952. The van der Waals surface area contributed by atoms with Crippen molar-refractivity contribution in [2.24, 2.45) is 0 Å². The van der Waals surface area contributed by atoms with Gasteiger partial charge in [0.1, 0.15) is 0 Å². The summed E-state index contributed by atoms with van der Waals surface area (Å²) in [5, 5.41) is 9.37. The van der Waals surface area contributed by atoms with E-state index in [0.717, 1.165) is 51.0 Å². The number of benzene rings is 2. The van der Waals surface area contributed by atoms with Crippen LogP contribution in [-0.4, -0.2) is 45.5 Å². The highest BCUT2D eigenvalue weighted by atomic mass is 32.2. The summed E-state index contributed by atoms with van der Waals surface area (Å²) in [7, 11) is -1.44. The van der Waals surface area contributed by atoms with E-state index in [1.165, 1.54) is 21.2 Å². The molecule has 0 atom stereocenters. The van der Waals surface area contributed by atoms with E-state index in [0.29, 0.717) is 6.10 Å². The van der Waals surface area contributed by atoms with Crippen molar-refractivity contribution in [3.05, 3.63) is 48.0 Å². The van der Waals surface area contributed by atoms with E-state index in [9.17, 15) is 5.26 Å². The van der Waals surface area contributed by atoms with Gasteiger partial charge in [-0.3, -0.25) is 0 Å². The van der Waals surface area contributed by atoms with Gasteiger partial charge in [0.25, 0.3) is 0 Å². The molecule has 0 N–H and O–H groups in total. The van der Waals surface area contributed by atoms with Crippen LogP contribution in [0.25, 0.3) is 0 Å². The van der Waals surface area contributed by atoms with Gasteiger partial charge in [0.2, 0.25) is 0 Å². The normalized spacial score (nSPS) is 17.3. The van der Waals surface area contributed by atoms with Crippen LogP contribution in [0.15, 0.2) is 52.3 Å². The van der Waals surface area contributed by atoms with E-state index in [4.69, 9.17) is 4.43 Å². The highest BCUT2D eigenvalue weighted by Gasteiger charge is 2.26. The highest BCUT2D eigenvalue weighted by molar-refractivity contribution is 7.99. The van der Waals surface area contributed by atoms with Crippen LogP contribution in [0.2, 0.25) is 19.6 Å². The quantitative estimate of drug-likeness (QED) is 0.529. The Hall–Kier alpha value is -1.78. The lowest BCUT2D eigenvalue weighted by Gasteiger charge is -2.36. The summed E-state index contributed by atoms with van der Waals surface area (Å²) in [4.78, 5) is 7.51. The van der Waals surface area contributed by atoms with Crippen molar-refractivity contribution in [3.8, 4) is 6.07 Å². The van der Waals surface area contributed by atoms with E-state index in [2.05, 4.69) is 65.8 Å². The van der Waals surface area contributed by atoms with E-state index in [1.54, 1.807) is 11.8 Å². The fourth-order valence-electron chi connectivity index (χ4n) is 4.34. The molecule has 0 aromatic heterocycles. The van der Waals surface area contributed by atoms with Crippen LogP contribution >= 0.6 is 11.8 Å². The highest BCUT2D eigenvalue weighted by Crippen LogP contribution is 2.48. The third-order valence-corrected chi connectivity index (χ3v) is 7.84. The Bertz CT molecular complexity index is 929. The third-order valence-electron chi connectivity index (χ3n) is 5.67. The van der Waals surface area contributed by atoms with E-state index in [1.807, 2.05) is 12.1 Å². The molecule has 2 aliphatic heterocycles. The molecule has 4 nitrogen and oxygen atoms in total. The lowest BCUT2D eigenvalue weighted by atomic mass is 10.1. The van der Waals surface area contributed by atoms with Gasteiger partial charge in [0.15, 0.2) is 8.32 Å². The first-order valence-corrected chi connectivity index (χ1v) is 15.1. The summed E-state index contributed by atoms with van der Waals surface area (Å²) in [5.74, 6) is 0. The van der Waals surface area contributed by atoms with Crippen molar-refractivity contribution in [3.63, 3.8) is 0 Å². The SMILES string of the molecule is C[Si](C)(C)OC1CCN(CCCN2c3ccccc3Sc3ccc(C#N)cc32)CC1. The molecule has 2 heterocycles. The van der Waals surface area contributed by atoms with E-state index >= 15 is 0 Å². The Kier molecular flexibility index (Phi) is 6.54. The first kappa shape index (κ1) is 21.4. The predicted molar refractivity (Wildman–Crippen MR) is 127 cm³/mol. The van der Waals surface area contributed by atoms with Crippen molar-refractivity contribution in [1.82, 2.24) is 4.90 Å². The minimum Gasteiger partial charge on any atom is -0.415 e. The molecule has 0 radical (unpaired) electrons. The van der Waals surface area contributed by atoms with Crippen molar-refractivity contribution in [2.45, 2.75) is 54.8 Å². The van der Waals surface area contributed by atoms with Gasteiger partial charge < -0.3 is 14.2 Å². The Morgan fingerprint density at radius 3 is 2.50 bits per heavy atom. The van der Waals surface area contributed by atoms with Gasteiger partial charge in [-0.2, -0.15) is 5.26 Å². The third kappa shape index (κ3) is 5.09. The number of anilines is 2. The molecule has 158 valence electrons. The Labute approximate surface area is 186 Å². The molecular formula is C24H31N3OSSi. The summed E-state index contributed by atoms with van der Waals surface area (Å²) >= 11 is 1.80. The molecule has 0 unspecified atom stereocenters. The van der Waals surface area contributed by atoms with Gasteiger partial charge in [0.05, 0.1) is 23.0 Å². The summed E-state index contributed by atoms with van der Waals surface area (Å²) < 4.78 is 6.30. The van der Waals surface area contributed by atoms with Gasteiger partial charge in [-0.1, -0.05) is 23.9 Å². The minimum atomic E-state index is -1.44. The Morgan fingerprint density at radius 1 is 1.03 bits per heavy atom. The molecule has 1 saturated heterocycles. The zero-order valence-electron chi connectivity index (χ0n) is 18.2. The number of hydrogen-bond donors (Lipinski definition) is 0. The summed E-state index contributed by atoms with van der Waals surface area (Å²) in [5.41, 5.74) is 3.15. The number of nitrogens with zero attached hydrogens (tertiary/aromatic N) is 3. The van der Waals surface area contributed by atoms with Gasteiger partial charge in [-0.05, 0) is 75.8 Å². The Balaban J connectivity index is 1.39. The summed E-state index contributed by atoms with van der Waals surface area (Å²) in [6.45, 7) is 11.2. The van der Waals surface area contributed by atoms with Crippen LogP contribution in [0, 0.1) is 11.3 Å². The molecule has 4 rings (SSSR count). The molecule has 30 heavy (non-hydrogen) atoms. The number of para-hydroxylation sites is 1. The van der Waals surface area contributed by atoms with Crippen molar-refractivity contribution in [2.75, 3.05) is 31.1 Å². The minimum absolute atomic E-state index is 0.454. The van der Waals surface area contributed by atoms with Gasteiger partial charge >= 0.3 is 0 Å². The number of piperidine rings is 1. The zero-order valence-corrected chi connectivity index (χ0v) is 20.0. The molecule has 2 aromatic carbocycles. The van der Waals surface area contributed by atoms with Crippen LogP contribution in [-0.2, 0) is 4.43 Å². The maximum atomic E-state index is 9.37. The lowest BCUT2D eigenvalue weighted by Crippen LogP contribution is -2.42. The van der Waals surface area contributed by atoms with Crippen LogP contribution in [0.1, 0.15) is 24.8 Å². The molecule has 0 saturated carbocycles. The topological polar surface area (TPSA) is 39.5 Å². The smallest absolute Gasteiger partial charge is 0.184 e. The van der Waals surface area contributed by atoms with Crippen molar-refractivity contribution in [1.29, 1.82) is 5.26 Å². The molecule has 0 aliphatic carbocycles. The molecule has 2 aliphatic rings. The second-order valence-corrected chi connectivity index (χ2v) is 14.7. The van der Waals surface area contributed by atoms with Crippen LogP contribution < -0.4 is 4.90 Å².